The first-order valence-electron chi connectivity index (χ1n) is 7.69. The summed E-state index contributed by atoms with van der Waals surface area (Å²) in [5.74, 6) is 0.0670. The van der Waals surface area contributed by atoms with Crippen LogP contribution in [0.2, 0.25) is 0 Å². The molecule has 3 N–H and O–H groups in total. The third-order valence-corrected chi connectivity index (χ3v) is 4.91. The van der Waals surface area contributed by atoms with E-state index in [1.54, 1.807) is 19.2 Å². The third kappa shape index (κ3) is 1.75. The van der Waals surface area contributed by atoms with Gasteiger partial charge in [0.05, 0.1) is 18.4 Å². The molecule has 0 radical (unpaired) electrons. The predicted molar refractivity (Wildman–Crippen MR) is 91.2 cm³/mol. The molecule has 2 aromatic carbocycles. The van der Waals surface area contributed by atoms with Crippen molar-refractivity contribution in [1.29, 1.82) is 0 Å². The van der Waals surface area contributed by atoms with Crippen LogP contribution in [0.4, 0.5) is 10.1 Å². The Morgan fingerprint density at radius 2 is 1.96 bits per heavy atom. The number of benzene rings is 2. The number of carbonyl (C=O) groups is 1. The fraction of sp³-hybridized carbons (Fsp3) is 0.211. The number of carbonyl (C=O) groups excluding carboxylic acids is 1. The van der Waals surface area contributed by atoms with Gasteiger partial charge in [-0.05, 0) is 35.9 Å². The van der Waals surface area contributed by atoms with Crippen LogP contribution in [0, 0.1) is 5.82 Å². The molecule has 1 heterocycles. The van der Waals surface area contributed by atoms with Crippen molar-refractivity contribution in [2.45, 2.75) is 19.3 Å². The number of nitrogens with one attached hydrogen (secondary N) is 1. The van der Waals surface area contributed by atoms with Gasteiger partial charge in [-0.2, -0.15) is 0 Å². The number of nitrogens with two attached hydrogens (primary N) is 1. The molecule has 0 amide bonds. The molecule has 122 valence electrons. The number of halogens is 1. The minimum atomic E-state index is -0.518. The van der Waals surface area contributed by atoms with E-state index in [0.29, 0.717) is 27.8 Å². The van der Waals surface area contributed by atoms with Crippen molar-refractivity contribution in [2.24, 2.45) is 0 Å². The van der Waals surface area contributed by atoms with E-state index in [0.717, 1.165) is 11.3 Å². The fourth-order valence-electron chi connectivity index (χ4n) is 3.57. The van der Waals surface area contributed by atoms with Gasteiger partial charge in [-0.1, -0.05) is 13.8 Å². The largest absolute Gasteiger partial charge is 0.497 e. The van der Waals surface area contributed by atoms with Crippen molar-refractivity contribution < 1.29 is 13.9 Å². The predicted octanol–water partition coefficient (Wildman–Crippen LogP) is 3.77. The first-order valence-corrected chi connectivity index (χ1v) is 7.69. The van der Waals surface area contributed by atoms with E-state index < -0.39 is 11.2 Å². The highest BCUT2D eigenvalue weighted by atomic mass is 19.1. The van der Waals surface area contributed by atoms with E-state index >= 15 is 0 Å². The van der Waals surface area contributed by atoms with Crippen molar-refractivity contribution in [3.8, 4) is 5.75 Å². The van der Waals surface area contributed by atoms with Gasteiger partial charge in [0.1, 0.15) is 11.6 Å². The Kier molecular flexibility index (Phi) is 2.83. The van der Waals surface area contributed by atoms with Gasteiger partial charge in [-0.25, -0.2) is 4.39 Å². The molecular formula is C19H17FN2O2. The monoisotopic (exact) mass is 324 g/mol. The van der Waals surface area contributed by atoms with Crippen LogP contribution in [0.25, 0.3) is 10.9 Å². The summed E-state index contributed by atoms with van der Waals surface area (Å²) < 4.78 is 19.2. The van der Waals surface area contributed by atoms with Crippen LogP contribution < -0.4 is 10.5 Å². The number of hydrogen-bond acceptors (Lipinski definition) is 3. The summed E-state index contributed by atoms with van der Waals surface area (Å²) in [6.45, 7) is 4.07. The molecule has 0 spiro atoms. The summed E-state index contributed by atoms with van der Waals surface area (Å²) in [6.07, 6.45) is 0. The van der Waals surface area contributed by atoms with E-state index in [2.05, 4.69) is 4.98 Å². The Morgan fingerprint density at radius 1 is 1.21 bits per heavy atom. The maximum Gasteiger partial charge on any atom is 0.195 e. The van der Waals surface area contributed by atoms with Crippen LogP contribution in [-0.2, 0) is 5.41 Å². The molecule has 5 heteroatoms. The molecule has 4 nitrogen and oxygen atoms in total. The Morgan fingerprint density at radius 3 is 2.67 bits per heavy atom. The Bertz CT molecular complexity index is 1020. The molecule has 1 aromatic heterocycles. The molecule has 0 unspecified atom stereocenters. The molecule has 1 aliphatic carbocycles. The fourth-order valence-corrected chi connectivity index (χ4v) is 3.57. The van der Waals surface area contributed by atoms with Crippen LogP contribution in [0.1, 0.15) is 41.0 Å². The smallest absolute Gasteiger partial charge is 0.195 e. The second-order valence-corrected chi connectivity index (χ2v) is 6.66. The van der Waals surface area contributed by atoms with E-state index in [1.807, 2.05) is 19.9 Å². The molecule has 0 saturated carbocycles. The number of ether oxygens (including phenoxy) is 1. The number of hydrogen-bond donors (Lipinski definition) is 2. The third-order valence-electron chi connectivity index (χ3n) is 4.91. The van der Waals surface area contributed by atoms with Gasteiger partial charge in [0, 0.05) is 27.6 Å². The summed E-state index contributed by atoms with van der Waals surface area (Å²) in [6, 6.07) is 8.30. The second-order valence-electron chi connectivity index (χ2n) is 6.66. The molecule has 0 saturated heterocycles. The van der Waals surface area contributed by atoms with E-state index in [1.165, 1.54) is 12.1 Å². The van der Waals surface area contributed by atoms with Gasteiger partial charge in [0.2, 0.25) is 0 Å². The lowest BCUT2D eigenvalue weighted by Crippen LogP contribution is -2.30. The van der Waals surface area contributed by atoms with Crippen LogP contribution in [-0.4, -0.2) is 17.9 Å². The normalized spacial score (nSPS) is 15.2. The number of aromatic amines is 1. The molecule has 0 bridgehead atoms. The Labute approximate surface area is 138 Å². The number of fused-ring (bicyclic) bond motifs is 4. The lowest BCUT2D eigenvalue weighted by atomic mass is 9.71. The molecule has 0 aliphatic heterocycles. The summed E-state index contributed by atoms with van der Waals surface area (Å²) >= 11 is 0. The first kappa shape index (κ1) is 14.8. The van der Waals surface area contributed by atoms with E-state index in [-0.39, 0.29) is 11.5 Å². The van der Waals surface area contributed by atoms with Crippen molar-refractivity contribution in [3.05, 3.63) is 58.5 Å². The van der Waals surface area contributed by atoms with E-state index in [9.17, 15) is 9.18 Å². The molecule has 3 aromatic rings. The van der Waals surface area contributed by atoms with Crippen molar-refractivity contribution >= 4 is 22.4 Å². The quantitative estimate of drug-likeness (QED) is 0.670. The topological polar surface area (TPSA) is 68.1 Å². The number of rotatable bonds is 1. The number of methoxy groups -OCH3 is 1. The number of nitrogen functional groups attached to an aromatic ring is 1. The Balaban J connectivity index is 2.08. The first-order chi connectivity index (χ1) is 11.3. The summed E-state index contributed by atoms with van der Waals surface area (Å²) in [5, 5.41) is 0.566. The highest BCUT2D eigenvalue weighted by Crippen LogP contribution is 2.44. The van der Waals surface area contributed by atoms with Gasteiger partial charge < -0.3 is 15.5 Å². The molecule has 1 aliphatic rings. The zero-order chi connectivity index (χ0) is 17.2. The van der Waals surface area contributed by atoms with Crippen LogP contribution >= 0.6 is 0 Å². The minimum Gasteiger partial charge on any atom is -0.497 e. The van der Waals surface area contributed by atoms with Gasteiger partial charge in [0.15, 0.2) is 5.78 Å². The number of aromatic nitrogens is 1. The van der Waals surface area contributed by atoms with Crippen LogP contribution in [0.3, 0.4) is 0 Å². The summed E-state index contributed by atoms with van der Waals surface area (Å²) in [4.78, 5) is 16.3. The standard InChI is InChI=1S/C19H17FN2O2/c1-19(2)12-6-9(24-3)4-5-10(12)17(23)16-11-7-13(20)14(21)8-15(11)22-18(16)19/h4-8,22H,21H2,1-3H3. The van der Waals surface area contributed by atoms with Crippen molar-refractivity contribution in [2.75, 3.05) is 12.8 Å². The van der Waals surface area contributed by atoms with Gasteiger partial charge in [-0.15, -0.1) is 0 Å². The zero-order valence-corrected chi connectivity index (χ0v) is 13.7. The lowest BCUT2D eigenvalue weighted by Gasteiger charge is -2.32. The molecule has 0 atom stereocenters. The van der Waals surface area contributed by atoms with Crippen LogP contribution in [0.15, 0.2) is 30.3 Å². The molecule has 0 fully saturated rings. The SMILES string of the molecule is COc1ccc2c(c1)C(C)(C)c1[nH]c3cc(N)c(F)cc3c1C2=O. The lowest BCUT2D eigenvalue weighted by molar-refractivity contribution is 0.103. The van der Waals surface area contributed by atoms with Gasteiger partial charge in [0.25, 0.3) is 0 Å². The van der Waals surface area contributed by atoms with Gasteiger partial charge >= 0.3 is 0 Å². The average molecular weight is 324 g/mol. The van der Waals surface area contributed by atoms with E-state index in [4.69, 9.17) is 10.5 Å². The summed E-state index contributed by atoms with van der Waals surface area (Å²) in [5.41, 5.74) is 8.75. The molecular weight excluding hydrogens is 307 g/mol. The van der Waals surface area contributed by atoms with Crippen LogP contribution in [0.5, 0.6) is 5.75 Å². The minimum absolute atomic E-state index is 0.0607. The maximum absolute atomic E-state index is 13.9. The zero-order valence-electron chi connectivity index (χ0n) is 13.7. The average Bonchev–Trinajstić information content (AvgIpc) is 2.92. The molecule has 4 rings (SSSR count). The maximum atomic E-state index is 13.9. The Hall–Kier alpha value is -2.82. The highest BCUT2D eigenvalue weighted by molar-refractivity contribution is 6.20. The number of H-pyrrole nitrogens is 1. The van der Waals surface area contributed by atoms with Crippen molar-refractivity contribution in [1.82, 2.24) is 4.98 Å². The summed E-state index contributed by atoms with van der Waals surface area (Å²) in [7, 11) is 1.60. The number of anilines is 1. The second kappa shape index (κ2) is 4.60. The highest BCUT2D eigenvalue weighted by Gasteiger charge is 2.40. The molecule has 24 heavy (non-hydrogen) atoms. The van der Waals surface area contributed by atoms with Gasteiger partial charge in [-0.3, -0.25) is 4.79 Å². The van der Waals surface area contributed by atoms with Crippen molar-refractivity contribution in [3.63, 3.8) is 0 Å². The number of ketones is 1.